The molecule has 1 heterocycles. The van der Waals surface area contributed by atoms with Crippen molar-refractivity contribution in [2.45, 2.75) is 25.9 Å². The van der Waals surface area contributed by atoms with Crippen molar-refractivity contribution in [3.63, 3.8) is 0 Å². The summed E-state index contributed by atoms with van der Waals surface area (Å²) in [5.74, 6) is 0.767. The van der Waals surface area contributed by atoms with E-state index in [1.165, 1.54) is 17.3 Å². The van der Waals surface area contributed by atoms with Gasteiger partial charge >= 0.3 is 0 Å². The van der Waals surface area contributed by atoms with Gasteiger partial charge in [0.15, 0.2) is 5.16 Å². The third-order valence-electron chi connectivity index (χ3n) is 3.92. The van der Waals surface area contributed by atoms with Gasteiger partial charge in [0.25, 0.3) is 0 Å². The zero-order valence-electron chi connectivity index (χ0n) is 15.6. The van der Waals surface area contributed by atoms with Crippen molar-refractivity contribution in [3.05, 3.63) is 59.9 Å². The Kier molecular flexibility index (Phi) is 6.13. The SMILES string of the molecule is CCOc1ccccc1NC(=O)CSc1nncn1-c1ccc(C)cc1C. The molecule has 0 aliphatic rings. The molecule has 0 saturated carbocycles. The van der Waals surface area contributed by atoms with Crippen LogP contribution in [0.2, 0.25) is 0 Å². The Hall–Kier alpha value is -2.80. The molecule has 6 nitrogen and oxygen atoms in total. The summed E-state index contributed by atoms with van der Waals surface area (Å²) in [5, 5.41) is 11.7. The van der Waals surface area contributed by atoms with Gasteiger partial charge in [-0.2, -0.15) is 0 Å². The lowest BCUT2D eigenvalue weighted by atomic mass is 10.1. The first-order valence-corrected chi connectivity index (χ1v) is 9.69. The molecule has 140 valence electrons. The normalized spacial score (nSPS) is 10.6. The molecule has 1 aromatic heterocycles. The van der Waals surface area contributed by atoms with Gasteiger partial charge in [0.2, 0.25) is 5.91 Å². The van der Waals surface area contributed by atoms with Crippen molar-refractivity contribution in [3.8, 4) is 11.4 Å². The van der Waals surface area contributed by atoms with Gasteiger partial charge < -0.3 is 10.1 Å². The molecule has 27 heavy (non-hydrogen) atoms. The second-order valence-corrected chi connectivity index (χ2v) is 6.98. The fourth-order valence-corrected chi connectivity index (χ4v) is 3.45. The minimum absolute atomic E-state index is 0.123. The molecule has 0 atom stereocenters. The molecule has 1 amide bonds. The van der Waals surface area contributed by atoms with Crippen LogP contribution < -0.4 is 10.1 Å². The van der Waals surface area contributed by atoms with Gasteiger partial charge in [0.1, 0.15) is 12.1 Å². The van der Waals surface area contributed by atoms with E-state index in [2.05, 4.69) is 28.5 Å². The van der Waals surface area contributed by atoms with Gasteiger partial charge in [0.05, 0.1) is 23.7 Å². The van der Waals surface area contributed by atoms with E-state index in [9.17, 15) is 4.79 Å². The van der Waals surface area contributed by atoms with Crippen LogP contribution in [-0.2, 0) is 4.79 Å². The number of aryl methyl sites for hydroxylation is 2. The number of nitrogens with zero attached hydrogens (tertiary/aromatic N) is 3. The van der Waals surface area contributed by atoms with Crippen LogP contribution in [0, 0.1) is 13.8 Å². The van der Waals surface area contributed by atoms with E-state index in [4.69, 9.17) is 4.74 Å². The summed E-state index contributed by atoms with van der Waals surface area (Å²) < 4.78 is 7.44. The number of hydrogen-bond donors (Lipinski definition) is 1. The molecule has 1 N–H and O–H groups in total. The third kappa shape index (κ3) is 4.68. The number of hydrogen-bond acceptors (Lipinski definition) is 5. The molecule has 2 aromatic carbocycles. The first-order valence-electron chi connectivity index (χ1n) is 8.70. The minimum Gasteiger partial charge on any atom is -0.492 e. The number of rotatable bonds is 7. The first kappa shape index (κ1) is 19.0. The number of amides is 1. The molecule has 0 saturated heterocycles. The number of para-hydroxylation sites is 2. The molecular weight excluding hydrogens is 360 g/mol. The summed E-state index contributed by atoms with van der Waals surface area (Å²) in [6.07, 6.45) is 1.67. The van der Waals surface area contributed by atoms with Crippen molar-refractivity contribution >= 4 is 23.4 Å². The molecule has 7 heteroatoms. The Bertz CT molecular complexity index is 939. The third-order valence-corrected chi connectivity index (χ3v) is 4.86. The number of nitrogens with one attached hydrogen (secondary N) is 1. The van der Waals surface area contributed by atoms with E-state index in [0.29, 0.717) is 23.2 Å². The van der Waals surface area contributed by atoms with Crippen molar-refractivity contribution in [2.75, 3.05) is 17.7 Å². The molecule has 0 fully saturated rings. The summed E-state index contributed by atoms with van der Waals surface area (Å²) in [6.45, 7) is 6.56. The fraction of sp³-hybridized carbons (Fsp3) is 0.250. The van der Waals surface area contributed by atoms with Crippen LogP contribution in [0.4, 0.5) is 5.69 Å². The molecule has 3 aromatic rings. The lowest BCUT2D eigenvalue weighted by Gasteiger charge is -2.12. The molecule has 3 rings (SSSR count). The second kappa shape index (κ2) is 8.73. The molecule has 0 unspecified atom stereocenters. The minimum atomic E-state index is -0.123. The summed E-state index contributed by atoms with van der Waals surface area (Å²) in [5.41, 5.74) is 4.01. The van der Waals surface area contributed by atoms with Gasteiger partial charge in [0, 0.05) is 0 Å². The molecule has 0 radical (unpaired) electrons. The van der Waals surface area contributed by atoms with Crippen LogP contribution in [-0.4, -0.2) is 33.0 Å². The van der Waals surface area contributed by atoms with Crippen molar-refractivity contribution in [1.29, 1.82) is 0 Å². The number of aromatic nitrogens is 3. The number of ether oxygens (including phenoxy) is 1. The maximum atomic E-state index is 12.4. The molecule has 0 aliphatic carbocycles. The number of carbonyl (C=O) groups excluding carboxylic acids is 1. The molecule has 0 spiro atoms. The van der Waals surface area contributed by atoms with Crippen molar-refractivity contribution < 1.29 is 9.53 Å². The first-order chi connectivity index (χ1) is 13.1. The summed E-state index contributed by atoms with van der Waals surface area (Å²) in [4.78, 5) is 12.4. The smallest absolute Gasteiger partial charge is 0.234 e. The topological polar surface area (TPSA) is 69.0 Å². The van der Waals surface area contributed by atoms with E-state index in [0.717, 1.165) is 11.3 Å². The van der Waals surface area contributed by atoms with Gasteiger partial charge in [-0.3, -0.25) is 9.36 Å². The van der Waals surface area contributed by atoms with Crippen LogP contribution in [0.15, 0.2) is 53.9 Å². The van der Waals surface area contributed by atoms with E-state index >= 15 is 0 Å². The van der Waals surface area contributed by atoms with Gasteiger partial charge in [-0.15, -0.1) is 10.2 Å². The zero-order valence-corrected chi connectivity index (χ0v) is 16.4. The highest BCUT2D eigenvalue weighted by molar-refractivity contribution is 7.99. The average molecular weight is 382 g/mol. The zero-order chi connectivity index (χ0) is 19.2. The monoisotopic (exact) mass is 382 g/mol. The highest BCUT2D eigenvalue weighted by atomic mass is 32.2. The van der Waals surface area contributed by atoms with Crippen molar-refractivity contribution in [1.82, 2.24) is 14.8 Å². The largest absolute Gasteiger partial charge is 0.492 e. The van der Waals surface area contributed by atoms with Crippen LogP contribution in [0.1, 0.15) is 18.1 Å². The Balaban J connectivity index is 1.68. The average Bonchev–Trinajstić information content (AvgIpc) is 3.10. The predicted molar refractivity (Wildman–Crippen MR) is 108 cm³/mol. The summed E-state index contributed by atoms with van der Waals surface area (Å²) in [6, 6.07) is 13.6. The van der Waals surface area contributed by atoms with E-state index in [-0.39, 0.29) is 11.7 Å². The Morgan fingerprint density at radius 3 is 2.81 bits per heavy atom. The van der Waals surface area contributed by atoms with Crippen LogP contribution in [0.3, 0.4) is 0 Å². The van der Waals surface area contributed by atoms with E-state index < -0.39 is 0 Å². The summed E-state index contributed by atoms with van der Waals surface area (Å²) in [7, 11) is 0. The highest BCUT2D eigenvalue weighted by Gasteiger charge is 2.13. The number of benzene rings is 2. The maximum absolute atomic E-state index is 12.4. The van der Waals surface area contributed by atoms with E-state index in [1.807, 2.05) is 54.8 Å². The number of thioether (sulfide) groups is 1. The van der Waals surface area contributed by atoms with Crippen LogP contribution in [0.5, 0.6) is 5.75 Å². The maximum Gasteiger partial charge on any atom is 0.234 e. The predicted octanol–water partition coefficient (Wildman–Crippen LogP) is 4.01. The highest BCUT2D eigenvalue weighted by Crippen LogP contribution is 2.25. The quantitative estimate of drug-likeness (QED) is 0.625. The number of carbonyl (C=O) groups is 1. The fourth-order valence-electron chi connectivity index (χ4n) is 2.73. The lowest BCUT2D eigenvalue weighted by Crippen LogP contribution is -2.15. The number of anilines is 1. The summed E-state index contributed by atoms with van der Waals surface area (Å²) >= 11 is 1.34. The van der Waals surface area contributed by atoms with Gasteiger partial charge in [-0.1, -0.05) is 41.6 Å². The second-order valence-electron chi connectivity index (χ2n) is 6.04. The lowest BCUT2D eigenvalue weighted by molar-refractivity contribution is -0.113. The Labute approximate surface area is 163 Å². The van der Waals surface area contributed by atoms with Crippen LogP contribution in [0.25, 0.3) is 5.69 Å². The van der Waals surface area contributed by atoms with Crippen molar-refractivity contribution in [2.24, 2.45) is 0 Å². The molecule has 0 bridgehead atoms. The standard InChI is InChI=1S/C20H22N4O2S/c1-4-26-18-8-6-5-7-16(18)22-19(25)12-27-20-23-21-13-24(20)17-10-9-14(2)11-15(17)3/h5-11,13H,4,12H2,1-3H3,(H,22,25). The van der Waals surface area contributed by atoms with Gasteiger partial charge in [-0.25, -0.2) is 0 Å². The van der Waals surface area contributed by atoms with Crippen LogP contribution >= 0.6 is 11.8 Å². The Morgan fingerprint density at radius 1 is 1.22 bits per heavy atom. The molecular formula is C20H22N4O2S. The van der Waals surface area contributed by atoms with E-state index in [1.54, 1.807) is 6.33 Å². The molecule has 0 aliphatic heterocycles. The van der Waals surface area contributed by atoms with Gasteiger partial charge in [-0.05, 0) is 44.5 Å². The Morgan fingerprint density at radius 2 is 2.04 bits per heavy atom.